The van der Waals surface area contributed by atoms with Crippen molar-refractivity contribution in [1.82, 2.24) is 0 Å². The first-order chi connectivity index (χ1) is 9.84. The normalized spacial score (nSPS) is 9.14. The third-order valence-electron chi connectivity index (χ3n) is 1.32. The van der Waals surface area contributed by atoms with E-state index in [1.54, 1.807) is 24.3 Å². The summed E-state index contributed by atoms with van der Waals surface area (Å²) in [5.74, 6) is 0.160. The van der Waals surface area contributed by atoms with Crippen molar-refractivity contribution in [3.8, 4) is 5.75 Å². The number of aldehydes is 1. The lowest BCUT2D eigenvalue weighted by molar-refractivity contribution is -0.110. The largest absolute Gasteiger partial charge is 0.506 e. The van der Waals surface area contributed by atoms with Gasteiger partial charge in [0.1, 0.15) is 12.0 Å². The number of phenolic OH excluding ortho intramolecular Hbond substituents is 1. The highest BCUT2D eigenvalue weighted by atomic mass is 19.4. The molecular formula is C15H24F3NO2. The Labute approximate surface area is 124 Å². The van der Waals surface area contributed by atoms with E-state index in [1.165, 1.54) is 12.3 Å². The molecule has 1 aromatic carbocycles. The number of hydrogen-bond donors (Lipinski definition) is 2. The molecule has 6 heteroatoms. The van der Waals surface area contributed by atoms with Crippen molar-refractivity contribution in [1.29, 1.82) is 0 Å². The topological polar surface area (TPSA) is 49.3 Å². The van der Waals surface area contributed by atoms with Crippen LogP contribution in [0.4, 0.5) is 18.9 Å². The number of carbonyl (C=O) groups is 1. The first-order valence-electron chi connectivity index (χ1n) is 6.56. The number of alkyl halides is 3. The molecular weight excluding hydrogens is 283 g/mol. The van der Waals surface area contributed by atoms with Gasteiger partial charge >= 0.3 is 6.18 Å². The van der Waals surface area contributed by atoms with Crippen LogP contribution in [-0.4, -0.2) is 17.6 Å². The van der Waals surface area contributed by atoms with Crippen molar-refractivity contribution >= 4 is 12.0 Å². The fourth-order valence-electron chi connectivity index (χ4n) is 0.773. The molecule has 0 unspecified atom stereocenters. The van der Waals surface area contributed by atoms with Crippen LogP contribution >= 0.6 is 0 Å². The highest BCUT2D eigenvalue weighted by Gasteiger charge is 2.15. The third-order valence-corrected chi connectivity index (χ3v) is 1.32. The van der Waals surface area contributed by atoms with Crippen LogP contribution in [0.5, 0.6) is 5.75 Å². The molecule has 0 atom stereocenters. The zero-order valence-electron chi connectivity index (χ0n) is 13.0. The first kappa shape index (κ1) is 24.1. The van der Waals surface area contributed by atoms with E-state index in [4.69, 9.17) is 0 Å². The van der Waals surface area contributed by atoms with Gasteiger partial charge in [-0.05, 0) is 18.2 Å². The second-order valence-corrected chi connectivity index (χ2v) is 2.94. The van der Waals surface area contributed by atoms with Crippen LogP contribution < -0.4 is 5.32 Å². The number of benzene rings is 1. The number of rotatable bonds is 3. The molecule has 0 heterocycles. The molecule has 0 bridgehead atoms. The van der Waals surface area contributed by atoms with Crippen LogP contribution in [0.2, 0.25) is 0 Å². The Morgan fingerprint density at radius 3 is 1.90 bits per heavy atom. The van der Waals surface area contributed by atoms with Crippen molar-refractivity contribution in [2.24, 2.45) is 0 Å². The molecule has 0 saturated heterocycles. The molecule has 1 rings (SSSR count). The van der Waals surface area contributed by atoms with Gasteiger partial charge in [-0.2, -0.15) is 13.2 Å². The summed E-state index contributed by atoms with van der Waals surface area (Å²) < 4.78 is 31.1. The number of halogens is 3. The van der Waals surface area contributed by atoms with Crippen LogP contribution in [0.3, 0.4) is 0 Å². The van der Waals surface area contributed by atoms with Crippen molar-refractivity contribution in [2.75, 3.05) is 5.32 Å². The average Bonchev–Trinajstić information content (AvgIpc) is 2.44. The zero-order chi connectivity index (χ0) is 17.3. The second kappa shape index (κ2) is 16.1. The highest BCUT2D eigenvalue weighted by Crippen LogP contribution is 2.20. The smallest absolute Gasteiger partial charge is 0.386 e. The fourth-order valence-corrected chi connectivity index (χ4v) is 0.773. The van der Waals surface area contributed by atoms with Crippen LogP contribution in [0.25, 0.3) is 0 Å². The van der Waals surface area contributed by atoms with E-state index in [0.29, 0.717) is 12.0 Å². The predicted molar refractivity (Wildman–Crippen MR) is 81.4 cm³/mol. The Morgan fingerprint density at radius 2 is 1.52 bits per heavy atom. The van der Waals surface area contributed by atoms with E-state index in [-0.39, 0.29) is 12.7 Å². The minimum absolute atomic E-state index is 0.160. The Bertz CT molecular complexity index is 371. The summed E-state index contributed by atoms with van der Waals surface area (Å²) in [4.78, 5) is 9.89. The van der Waals surface area contributed by atoms with Crippen LogP contribution in [-0.2, 0) is 4.79 Å². The molecule has 0 aliphatic heterocycles. The van der Waals surface area contributed by atoms with E-state index >= 15 is 0 Å². The molecule has 122 valence electrons. The van der Waals surface area contributed by atoms with Crippen molar-refractivity contribution in [3.63, 3.8) is 0 Å². The van der Waals surface area contributed by atoms with Crippen molar-refractivity contribution < 1.29 is 23.1 Å². The lowest BCUT2D eigenvalue weighted by atomic mass is 10.3. The minimum Gasteiger partial charge on any atom is -0.506 e. The maximum atomic E-state index is 10.4. The van der Waals surface area contributed by atoms with Crippen LogP contribution in [0.1, 0.15) is 34.6 Å². The Balaban J connectivity index is -0.000000304. The molecule has 1 aromatic rings. The Kier molecular flexibility index (Phi) is 18.4. The zero-order valence-corrected chi connectivity index (χ0v) is 13.0. The molecule has 0 aliphatic rings. The number of carbonyl (C=O) groups excluding carboxylic acids is 1. The van der Waals surface area contributed by atoms with E-state index in [1.807, 2.05) is 27.7 Å². The van der Waals surface area contributed by atoms with Crippen molar-refractivity contribution in [2.45, 2.75) is 40.8 Å². The average molecular weight is 307 g/mol. The Morgan fingerprint density at radius 1 is 1.10 bits per heavy atom. The molecule has 2 N–H and O–H groups in total. The number of nitrogens with one attached hydrogen (secondary N) is 1. The van der Waals surface area contributed by atoms with Gasteiger partial charge in [0.15, 0.2) is 0 Å². The third kappa shape index (κ3) is 23.5. The van der Waals surface area contributed by atoms with Crippen LogP contribution in [0.15, 0.2) is 36.5 Å². The van der Waals surface area contributed by atoms with Gasteiger partial charge in [-0.15, -0.1) is 0 Å². The minimum atomic E-state index is -4.00. The SMILES string of the molecule is CC.CC.CC(F)(F)F.O=C/C=C\Nc1ccccc1O. The standard InChI is InChI=1S/C9H9NO2.C2H3F3.2C2H6/c11-7-3-6-10-8-4-1-2-5-9(8)12;1-2(3,4)5;2*1-2/h1-7,10,12H;1H3;2*1-2H3/b6-3-;;;. The summed E-state index contributed by atoms with van der Waals surface area (Å²) in [5, 5.41) is 12.0. The van der Waals surface area contributed by atoms with E-state index in [2.05, 4.69) is 5.32 Å². The highest BCUT2D eigenvalue weighted by molar-refractivity contribution is 5.66. The fraction of sp³-hybridized carbons (Fsp3) is 0.400. The summed E-state index contributed by atoms with van der Waals surface area (Å²) in [5.41, 5.74) is 0.579. The maximum Gasteiger partial charge on any atom is 0.386 e. The van der Waals surface area contributed by atoms with Gasteiger partial charge in [0.25, 0.3) is 0 Å². The summed E-state index contributed by atoms with van der Waals surface area (Å²) in [6.45, 7) is 8.19. The van der Waals surface area contributed by atoms with Gasteiger partial charge in [0.2, 0.25) is 0 Å². The second-order valence-electron chi connectivity index (χ2n) is 2.94. The number of hydrogen-bond acceptors (Lipinski definition) is 3. The quantitative estimate of drug-likeness (QED) is 0.462. The van der Waals surface area contributed by atoms with Gasteiger partial charge in [-0.3, -0.25) is 4.79 Å². The Hall–Kier alpha value is -1.98. The number of phenols is 1. The van der Waals surface area contributed by atoms with Gasteiger partial charge in [0, 0.05) is 13.1 Å². The lowest BCUT2D eigenvalue weighted by Crippen LogP contribution is -1.95. The molecule has 0 aromatic heterocycles. The molecule has 0 saturated carbocycles. The molecule has 0 aliphatic carbocycles. The summed E-state index contributed by atoms with van der Waals surface area (Å²) in [6, 6.07) is 6.79. The number of aromatic hydroxyl groups is 1. The van der Waals surface area contributed by atoms with Gasteiger partial charge in [-0.1, -0.05) is 39.8 Å². The summed E-state index contributed by atoms with van der Waals surface area (Å²) in [7, 11) is 0. The number of anilines is 1. The molecule has 0 radical (unpaired) electrons. The number of para-hydroxylation sites is 2. The molecule has 0 spiro atoms. The number of allylic oxidation sites excluding steroid dienone is 1. The molecule has 0 amide bonds. The molecule has 3 nitrogen and oxygen atoms in total. The first-order valence-corrected chi connectivity index (χ1v) is 6.56. The van der Waals surface area contributed by atoms with Gasteiger partial charge in [0.05, 0.1) is 5.69 Å². The lowest BCUT2D eigenvalue weighted by Gasteiger charge is -2.01. The monoisotopic (exact) mass is 307 g/mol. The van der Waals surface area contributed by atoms with Gasteiger partial charge < -0.3 is 10.4 Å². The van der Waals surface area contributed by atoms with Gasteiger partial charge in [-0.25, -0.2) is 0 Å². The summed E-state index contributed by atoms with van der Waals surface area (Å²) in [6.07, 6.45) is -0.568. The molecule has 21 heavy (non-hydrogen) atoms. The van der Waals surface area contributed by atoms with Crippen molar-refractivity contribution in [3.05, 3.63) is 36.5 Å². The van der Waals surface area contributed by atoms with E-state index in [9.17, 15) is 23.1 Å². The molecule has 0 fully saturated rings. The van der Waals surface area contributed by atoms with Crippen LogP contribution in [0, 0.1) is 0 Å². The summed E-state index contributed by atoms with van der Waals surface area (Å²) >= 11 is 0. The van der Waals surface area contributed by atoms with E-state index in [0.717, 1.165) is 0 Å². The predicted octanol–water partition coefficient (Wildman–Crippen LogP) is 5.14. The maximum absolute atomic E-state index is 10.4. The van der Waals surface area contributed by atoms with E-state index < -0.39 is 6.18 Å².